The molecule has 1 fully saturated rings. The number of ether oxygens (including phenoxy) is 2. The second-order valence-corrected chi connectivity index (χ2v) is 12.1. The van der Waals surface area contributed by atoms with Gasteiger partial charge in [-0.15, -0.1) is 0 Å². The first-order valence-corrected chi connectivity index (χ1v) is 14.1. The lowest BCUT2D eigenvalue weighted by Crippen LogP contribution is -2.50. The minimum absolute atomic E-state index is 0.0918. The summed E-state index contributed by atoms with van der Waals surface area (Å²) in [5, 5.41) is 10.3. The van der Waals surface area contributed by atoms with Crippen molar-refractivity contribution in [1.82, 2.24) is 9.47 Å². The van der Waals surface area contributed by atoms with Crippen LogP contribution in [0.25, 0.3) is 27.4 Å². The van der Waals surface area contributed by atoms with Crippen molar-refractivity contribution in [3.8, 4) is 17.2 Å². The van der Waals surface area contributed by atoms with Gasteiger partial charge in [-0.1, -0.05) is 35.9 Å². The standard InChI is InChI=1S/C31H29ClFN3O6/c1-31(2,32)42-30(40)35-11-7-6-10-19(35)15-34(3)26-22(33)14-20-25-28(26)41-24-13-18-9-5-4-8-17(18)12-23(24)36(25)16-21(27(20)37)29(38)39/h4-5,8-9,12-14,16,19H,6-7,10-11,15H2,1-3H3,(H,38,39). The molecule has 2 aliphatic heterocycles. The minimum atomic E-state index is -1.41. The number of carboxylic acids is 1. The number of amides is 1. The Balaban J connectivity index is 1.49. The van der Waals surface area contributed by atoms with Crippen LogP contribution in [0.3, 0.4) is 0 Å². The number of alkyl halides is 1. The Morgan fingerprint density at radius 1 is 1.19 bits per heavy atom. The van der Waals surface area contributed by atoms with E-state index in [1.165, 1.54) is 6.20 Å². The molecule has 3 aromatic carbocycles. The predicted molar refractivity (Wildman–Crippen MR) is 158 cm³/mol. The Bertz CT molecular complexity index is 1830. The van der Waals surface area contributed by atoms with Gasteiger partial charge in [-0.25, -0.2) is 14.0 Å². The van der Waals surface area contributed by atoms with Crippen LogP contribution in [0.15, 0.2) is 53.5 Å². The normalized spacial score (nSPS) is 16.2. The summed E-state index contributed by atoms with van der Waals surface area (Å²) in [5.41, 5.74) is -0.401. The topological polar surface area (TPSA) is 101 Å². The second-order valence-electron chi connectivity index (χ2n) is 11.2. The number of aromatic nitrogens is 1. The fraction of sp³-hybridized carbons (Fsp3) is 0.323. The molecule has 1 amide bonds. The third kappa shape index (κ3) is 4.79. The molecule has 1 aromatic heterocycles. The summed E-state index contributed by atoms with van der Waals surface area (Å²) >= 11 is 6.14. The fourth-order valence-electron chi connectivity index (χ4n) is 5.90. The molecular weight excluding hydrogens is 565 g/mol. The number of hydrogen-bond donors (Lipinski definition) is 1. The minimum Gasteiger partial charge on any atom is -0.477 e. The third-order valence-electron chi connectivity index (χ3n) is 7.76. The lowest BCUT2D eigenvalue weighted by molar-refractivity contribution is 0.0391. The number of fused-ring (bicyclic) bond motifs is 3. The average Bonchev–Trinajstić information content (AvgIpc) is 2.92. The molecule has 0 radical (unpaired) electrons. The van der Waals surface area contributed by atoms with Crippen LogP contribution >= 0.6 is 11.6 Å². The highest BCUT2D eigenvalue weighted by Gasteiger charge is 2.35. The molecule has 9 nitrogen and oxygen atoms in total. The predicted octanol–water partition coefficient (Wildman–Crippen LogP) is 6.49. The largest absolute Gasteiger partial charge is 0.477 e. The Morgan fingerprint density at radius 2 is 1.90 bits per heavy atom. The first-order chi connectivity index (χ1) is 19.9. The van der Waals surface area contributed by atoms with E-state index < -0.39 is 33.9 Å². The van der Waals surface area contributed by atoms with Crippen LogP contribution < -0.4 is 15.1 Å². The van der Waals surface area contributed by atoms with E-state index in [2.05, 4.69) is 0 Å². The van der Waals surface area contributed by atoms with Gasteiger partial charge in [0.25, 0.3) is 0 Å². The van der Waals surface area contributed by atoms with Gasteiger partial charge >= 0.3 is 12.1 Å². The number of carbonyl (C=O) groups is 2. The van der Waals surface area contributed by atoms with Crippen molar-refractivity contribution in [3.05, 3.63) is 70.3 Å². The summed E-state index contributed by atoms with van der Waals surface area (Å²) in [6, 6.07) is 12.0. The van der Waals surface area contributed by atoms with Crippen molar-refractivity contribution in [2.45, 2.75) is 44.2 Å². The maximum absolute atomic E-state index is 16.0. The molecule has 1 saturated heterocycles. The number of likely N-dealkylation sites (tertiary alicyclic amines) is 1. The van der Waals surface area contributed by atoms with Crippen molar-refractivity contribution in [2.75, 3.05) is 25.0 Å². The number of likely N-dealkylation sites (N-methyl/N-ethyl adjacent to an activating group) is 1. The zero-order valence-corrected chi connectivity index (χ0v) is 24.1. The van der Waals surface area contributed by atoms with Crippen molar-refractivity contribution < 1.29 is 28.6 Å². The van der Waals surface area contributed by atoms with Crippen molar-refractivity contribution >= 4 is 51.0 Å². The van der Waals surface area contributed by atoms with E-state index in [0.29, 0.717) is 24.4 Å². The van der Waals surface area contributed by atoms with Gasteiger partial charge in [0.2, 0.25) is 5.43 Å². The average molecular weight is 594 g/mol. The monoisotopic (exact) mass is 593 g/mol. The summed E-state index contributed by atoms with van der Waals surface area (Å²) in [5.74, 6) is -1.68. The highest BCUT2D eigenvalue weighted by atomic mass is 35.5. The maximum atomic E-state index is 16.0. The molecule has 0 aliphatic carbocycles. The first-order valence-electron chi connectivity index (χ1n) is 13.7. The number of pyridine rings is 1. The van der Waals surface area contributed by atoms with Crippen molar-refractivity contribution in [2.24, 2.45) is 0 Å². The number of halogens is 2. The van der Waals surface area contributed by atoms with Gasteiger partial charge in [-0.05, 0) is 62.1 Å². The molecule has 1 atom stereocenters. The van der Waals surface area contributed by atoms with E-state index in [4.69, 9.17) is 21.1 Å². The quantitative estimate of drug-likeness (QED) is 0.232. The van der Waals surface area contributed by atoms with E-state index >= 15 is 4.39 Å². The number of hydrogen-bond acceptors (Lipinski definition) is 6. The van der Waals surface area contributed by atoms with Crippen LogP contribution in [0.5, 0.6) is 11.5 Å². The molecule has 6 rings (SSSR count). The summed E-state index contributed by atoms with van der Waals surface area (Å²) < 4.78 is 29.4. The summed E-state index contributed by atoms with van der Waals surface area (Å²) in [6.07, 6.45) is 3.09. The molecule has 1 N–H and O–H groups in total. The third-order valence-corrected chi connectivity index (χ3v) is 7.84. The van der Waals surface area contributed by atoms with E-state index in [1.54, 1.807) is 41.3 Å². The fourth-order valence-corrected chi connectivity index (χ4v) is 5.97. The molecule has 1 unspecified atom stereocenters. The number of piperidine rings is 1. The molecule has 3 heterocycles. The van der Waals surface area contributed by atoms with Gasteiger partial charge in [0.05, 0.1) is 17.1 Å². The van der Waals surface area contributed by atoms with Crippen molar-refractivity contribution in [1.29, 1.82) is 0 Å². The lowest BCUT2D eigenvalue weighted by Gasteiger charge is -2.39. The lowest BCUT2D eigenvalue weighted by atomic mass is 10.0. The second kappa shape index (κ2) is 10.2. The molecule has 0 saturated carbocycles. The number of benzene rings is 3. The van der Waals surface area contributed by atoms with Crippen LogP contribution in [0.4, 0.5) is 14.9 Å². The van der Waals surface area contributed by atoms with E-state index in [0.717, 1.165) is 29.7 Å². The number of rotatable bonds is 5. The molecule has 0 bridgehead atoms. The molecule has 218 valence electrons. The molecular formula is C31H29ClFN3O6. The van der Waals surface area contributed by atoms with E-state index in [-0.39, 0.29) is 34.9 Å². The number of carboxylic acid groups (broad SMARTS) is 1. The Labute approximate surface area is 245 Å². The zero-order valence-electron chi connectivity index (χ0n) is 23.3. The van der Waals surface area contributed by atoms with Gasteiger partial charge in [-0.3, -0.25) is 4.79 Å². The summed E-state index contributed by atoms with van der Waals surface area (Å²) in [7, 11) is 1.69. The SMILES string of the molecule is CN(CC1CCCCN1C(=O)OC(C)(C)Cl)c1c(F)cc2c(=O)c(C(=O)O)cn3c2c1Oc1cc2ccccc2cc1-3. The molecule has 0 spiro atoms. The van der Waals surface area contributed by atoms with E-state index in [1.807, 2.05) is 30.3 Å². The Kier molecular flexibility index (Phi) is 6.76. The smallest absolute Gasteiger partial charge is 0.411 e. The van der Waals surface area contributed by atoms with Gasteiger partial charge in [0.15, 0.2) is 22.4 Å². The molecule has 42 heavy (non-hydrogen) atoms. The van der Waals surface area contributed by atoms with Crippen LogP contribution in [0.2, 0.25) is 0 Å². The van der Waals surface area contributed by atoms with Gasteiger partial charge in [0.1, 0.15) is 16.8 Å². The molecule has 4 aromatic rings. The summed E-state index contributed by atoms with van der Waals surface area (Å²) in [4.78, 5) is 41.5. The molecule has 2 aliphatic rings. The number of anilines is 1. The van der Waals surface area contributed by atoms with Crippen LogP contribution in [-0.2, 0) is 4.74 Å². The zero-order chi connectivity index (χ0) is 29.9. The Hall–Kier alpha value is -4.31. The van der Waals surface area contributed by atoms with Crippen LogP contribution in [0.1, 0.15) is 43.5 Å². The van der Waals surface area contributed by atoms with E-state index in [9.17, 15) is 19.5 Å². The highest BCUT2D eigenvalue weighted by Crippen LogP contribution is 2.47. The number of aromatic carboxylic acids is 1. The van der Waals surface area contributed by atoms with Crippen molar-refractivity contribution in [3.63, 3.8) is 0 Å². The van der Waals surface area contributed by atoms with Crippen LogP contribution in [0, 0.1) is 5.82 Å². The van der Waals surface area contributed by atoms with Gasteiger partial charge in [-0.2, -0.15) is 0 Å². The highest BCUT2D eigenvalue weighted by molar-refractivity contribution is 6.22. The first kappa shape index (κ1) is 27.8. The summed E-state index contributed by atoms with van der Waals surface area (Å²) in [6.45, 7) is 3.89. The maximum Gasteiger partial charge on any atom is 0.411 e. The Morgan fingerprint density at radius 3 is 2.60 bits per heavy atom. The van der Waals surface area contributed by atoms with Gasteiger partial charge < -0.3 is 28.9 Å². The van der Waals surface area contributed by atoms with Crippen LogP contribution in [-0.4, -0.2) is 57.9 Å². The number of nitrogens with zero attached hydrogens (tertiary/aromatic N) is 3. The molecule has 11 heteroatoms. The van der Waals surface area contributed by atoms with Gasteiger partial charge in [0, 0.05) is 26.3 Å². The number of carbonyl (C=O) groups excluding carboxylic acids is 1.